The van der Waals surface area contributed by atoms with E-state index in [-0.39, 0.29) is 5.56 Å². The maximum absolute atomic E-state index is 11.3. The van der Waals surface area contributed by atoms with E-state index >= 15 is 0 Å². The van der Waals surface area contributed by atoms with E-state index in [4.69, 9.17) is 0 Å². The van der Waals surface area contributed by atoms with Gasteiger partial charge < -0.3 is 0 Å². The minimum atomic E-state index is -0.0465. The van der Waals surface area contributed by atoms with Gasteiger partial charge in [-0.2, -0.15) is 0 Å². The van der Waals surface area contributed by atoms with Crippen molar-refractivity contribution in [2.24, 2.45) is 0 Å². The van der Waals surface area contributed by atoms with Gasteiger partial charge in [0.25, 0.3) is 5.56 Å². The molecule has 3 nitrogen and oxygen atoms in total. The second-order valence-corrected chi connectivity index (χ2v) is 4.55. The fraction of sp³-hybridized carbons (Fsp3) is 0.357. The van der Waals surface area contributed by atoms with Gasteiger partial charge in [-0.25, -0.2) is 0 Å². The average Bonchev–Trinajstić information content (AvgIpc) is 2.70. The van der Waals surface area contributed by atoms with Crippen LogP contribution in [-0.2, 0) is 6.42 Å². The fourth-order valence-electron chi connectivity index (χ4n) is 1.93. The molecule has 17 heavy (non-hydrogen) atoms. The molecule has 0 atom stereocenters. The van der Waals surface area contributed by atoms with E-state index in [1.807, 2.05) is 23.7 Å². The Morgan fingerprint density at radius 2 is 1.88 bits per heavy atom. The summed E-state index contributed by atoms with van der Waals surface area (Å²) < 4.78 is 1.85. The lowest BCUT2D eigenvalue weighted by Gasteiger charge is -2.09. The Balaban J connectivity index is 2.42. The lowest BCUT2D eigenvalue weighted by Crippen LogP contribution is -2.05. The molecule has 0 aliphatic rings. The van der Waals surface area contributed by atoms with Crippen molar-refractivity contribution in [2.75, 3.05) is 0 Å². The molecule has 0 fully saturated rings. The summed E-state index contributed by atoms with van der Waals surface area (Å²) in [5.41, 5.74) is 3.27. The molecule has 3 heteroatoms. The zero-order valence-corrected chi connectivity index (χ0v) is 10.5. The van der Waals surface area contributed by atoms with Crippen molar-refractivity contribution in [3.63, 3.8) is 0 Å². The molecule has 1 heterocycles. The first kappa shape index (κ1) is 11.7. The Bertz CT molecular complexity index is 546. The van der Waals surface area contributed by atoms with Crippen LogP contribution in [0, 0.1) is 0 Å². The molecular weight excluding hydrogens is 212 g/mol. The molecule has 2 aromatic rings. The van der Waals surface area contributed by atoms with Crippen LogP contribution in [0.15, 0.2) is 35.1 Å². The van der Waals surface area contributed by atoms with Gasteiger partial charge in [0, 0.05) is 11.8 Å². The predicted octanol–water partition coefficient (Wildman–Crippen LogP) is 2.85. The van der Waals surface area contributed by atoms with Crippen LogP contribution >= 0.6 is 0 Å². The van der Waals surface area contributed by atoms with Crippen molar-refractivity contribution in [1.29, 1.82) is 0 Å². The smallest absolute Gasteiger partial charge is 0.264 e. The fourth-order valence-corrected chi connectivity index (χ4v) is 1.93. The molecule has 1 N–H and O–H groups in total. The van der Waals surface area contributed by atoms with Crippen LogP contribution in [-0.4, -0.2) is 9.78 Å². The molecule has 0 radical (unpaired) electrons. The van der Waals surface area contributed by atoms with Crippen molar-refractivity contribution in [3.8, 4) is 5.69 Å². The standard InChI is InChI=1S/C14H18N2O/c1-4-12-9-14(17)15-16(12)13-7-5-11(6-8-13)10(2)3/h5-10H,4H2,1-3H3,(H,15,17). The monoisotopic (exact) mass is 230 g/mol. The van der Waals surface area contributed by atoms with E-state index in [0.717, 1.165) is 17.8 Å². The molecule has 1 aromatic carbocycles. The van der Waals surface area contributed by atoms with E-state index < -0.39 is 0 Å². The van der Waals surface area contributed by atoms with Gasteiger partial charge in [-0.3, -0.25) is 14.6 Å². The third-order valence-corrected chi connectivity index (χ3v) is 2.99. The number of rotatable bonds is 3. The minimum absolute atomic E-state index is 0.0465. The van der Waals surface area contributed by atoms with Gasteiger partial charge in [-0.15, -0.1) is 0 Å². The first-order valence-electron chi connectivity index (χ1n) is 6.03. The lowest BCUT2D eigenvalue weighted by atomic mass is 10.0. The molecule has 0 bridgehead atoms. The Hall–Kier alpha value is -1.77. The summed E-state index contributed by atoms with van der Waals surface area (Å²) >= 11 is 0. The normalized spacial score (nSPS) is 11.1. The molecule has 90 valence electrons. The summed E-state index contributed by atoms with van der Waals surface area (Å²) in [5.74, 6) is 0.526. The molecule has 0 amide bonds. The molecule has 0 aliphatic heterocycles. The first-order valence-corrected chi connectivity index (χ1v) is 6.03. The van der Waals surface area contributed by atoms with Crippen LogP contribution < -0.4 is 5.56 Å². The molecule has 0 spiro atoms. The predicted molar refractivity (Wildman–Crippen MR) is 69.9 cm³/mol. The Morgan fingerprint density at radius 1 is 1.24 bits per heavy atom. The summed E-state index contributed by atoms with van der Waals surface area (Å²) in [5, 5.41) is 2.82. The van der Waals surface area contributed by atoms with Gasteiger partial charge in [0.15, 0.2) is 0 Å². The Labute approximate surface area is 101 Å². The highest BCUT2D eigenvalue weighted by molar-refractivity contribution is 5.36. The van der Waals surface area contributed by atoms with Crippen molar-refractivity contribution < 1.29 is 0 Å². The number of hydrogen-bond donors (Lipinski definition) is 1. The molecule has 2 rings (SSSR count). The first-order chi connectivity index (χ1) is 8.11. The van der Waals surface area contributed by atoms with Crippen LogP contribution in [0.4, 0.5) is 0 Å². The third-order valence-electron chi connectivity index (χ3n) is 2.99. The maximum Gasteiger partial charge on any atom is 0.264 e. The van der Waals surface area contributed by atoms with Crippen molar-refractivity contribution >= 4 is 0 Å². The maximum atomic E-state index is 11.3. The van der Waals surface area contributed by atoms with Gasteiger partial charge in [-0.05, 0) is 30.0 Å². The van der Waals surface area contributed by atoms with Gasteiger partial charge in [0.1, 0.15) is 0 Å². The van der Waals surface area contributed by atoms with Crippen LogP contribution in [0.2, 0.25) is 0 Å². The molecule has 0 saturated heterocycles. The SMILES string of the molecule is CCc1cc(=O)[nH]n1-c1ccc(C(C)C)cc1. The molecule has 0 unspecified atom stereocenters. The quantitative estimate of drug-likeness (QED) is 0.865. The van der Waals surface area contributed by atoms with Gasteiger partial charge in [0.2, 0.25) is 0 Å². The van der Waals surface area contributed by atoms with Crippen LogP contribution in [0.1, 0.15) is 37.9 Å². The number of nitrogens with zero attached hydrogens (tertiary/aromatic N) is 1. The number of hydrogen-bond acceptors (Lipinski definition) is 1. The molecule has 1 aromatic heterocycles. The van der Waals surface area contributed by atoms with Crippen molar-refractivity contribution in [1.82, 2.24) is 9.78 Å². The summed E-state index contributed by atoms with van der Waals surface area (Å²) in [4.78, 5) is 11.3. The topological polar surface area (TPSA) is 37.8 Å². The van der Waals surface area contributed by atoms with E-state index in [9.17, 15) is 4.79 Å². The highest BCUT2D eigenvalue weighted by Crippen LogP contribution is 2.17. The molecule has 0 saturated carbocycles. The Morgan fingerprint density at radius 3 is 2.41 bits per heavy atom. The second kappa shape index (κ2) is 4.62. The highest BCUT2D eigenvalue weighted by Gasteiger charge is 2.05. The zero-order valence-electron chi connectivity index (χ0n) is 10.5. The lowest BCUT2D eigenvalue weighted by molar-refractivity contribution is 0.801. The number of benzene rings is 1. The average molecular weight is 230 g/mol. The van der Waals surface area contributed by atoms with Gasteiger partial charge in [0.05, 0.1) is 5.69 Å². The number of aromatic nitrogens is 2. The number of aromatic amines is 1. The summed E-state index contributed by atoms with van der Waals surface area (Å²) in [6.45, 7) is 6.38. The van der Waals surface area contributed by atoms with E-state index in [1.165, 1.54) is 5.56 Å². The second-order valence-electron chi connectivity index (χ2n) is 4.55. The summed E-state index contributed by atoms with van der Waals surface area (Å²) in [7, 11) is 0. The number of nitrogens with one attached hydrogen (secondary N) is 1. The highest BCUT2D eigenvalue weighted by atomic mass is 16.1. The van der Waals surface area contributed by atoms with Crippen molar-refractivity contribution in [2.45, 2.75) is 33.1 Å². The Kier molecular flexibility index (Phi) is 3.18. The largest absolute Gasteiger partial charge is 0.268 e. The van der Waals surface area contributed by atoms with Crippen LogP contribution in [0.5, 0.6) is 0 Å². The van der Waals surface area contributed by atoms with Crippen LogP contribution in [0.3, 0.4) is 0 Å². The van der Waals surface area contributed by atoms with Crippen LogP contribution in [0.25, 0.3) is 5.69 Å². The summed E-state index contributed by atoms with van der Waals surface area (Å²) in [6.07, 6.45) is 0.838. The minimum Gasteiger partial charge on any atom is -0.268 e. The van der Waals surface area contributed by atoms with Gasteiger partial charge >= 0.3 is 0 Å². The van der Waals surface area contributed by atoms with Crippen molar-refractivity contribution in [3.05, 3.63) is 51.9 Å². The number of aryl methyl sites for hydroxylation is 1. The van der Waals surface area contributed by atoms with E-state index in [1.54, 1.807) is 6.07 Å². The molecule has 0 aliphatic carbocycles. The van der Waals surface area contributed by atoms with E-state index in [2.05, 4.69) is 31.1 Å². The number of H-pyrrole nitrogens is 1. The zero-order chi connectivity index (χ0) is 12.4. The van der Waals surface area contributed by atoms with Gasteiger partial charge in [-0.1, -0.05) is 32.9 Å². The molecular formula is C14H18N2O. The summed E-state index contributed by atoms with van der Waals surface area (Å²) in [6, 6.07) is 9.96. The van der Waals surface area contributed by atoms with E-state index in [0.29, 0.717) is 5.92 Å². The third kappa shape index (κ3) is 2.33.